The number of aliphatic hydroxyl groups is 1. The van der Waals surface area contributed by atoms with E-state index in [0.29, 0.717) is 12.2 Å². The Kier molecular flexibility index (Phi) is 1.78. The number of hydrogen-bond donors (Lipinski definition) is 3. The van der Waals surface area contributed by atoms with Gasteiger partial charge in [-0.05, 0) is 31.1 Å². The molecule has 0 fully saturated rings. The minimum absolute atomic E-state index is 0.300. The lowest BCUT2D eigenvalue weighted by molar-refractivity contribution is 0.396. The minimum Gasteiger partial charge on any atom is -0.508 e. The van der Waals surface area contributed by atoms with Crippen molar-refractivity contribution < 1.29 is 5.11 Å². The van der Waals surface area contributed by atoms with Gasteiger partial charge in [0.05, 0.1) is 5.66 Å². The maximum atomic E-state index is 9.27. The van der Waals surface area contributed by atoms with Gasteiger partial charge in [-0.3, -0.25) is 0 Å². The minimum atomic E-state index is -0.768. The monoisotopic (exact) mass is 154 g/mol. The summed E-state index contributed by atoms with van der Waals surface area (Å²) >= 11 is 0. The summed E-state index contributed by atoms with van der Waals surface area (Å²) in [6.07, 6.45) is 2.15. The topological polar surface area (TPSA) is 72.3 Å². The van der Waals surface area contributed by atoms with Crippen LogP contribution in [0.5, 0.6) is 0 Å². The predicted molar refractivity (Wildman–Crippen MR) is 44.8 cm³/mol. The van der Waals surface area contributed by atoms with Crippen LogP contribution in [0, 0.1) is 0 Å². The van der Waals surface area contributed by atoms with Gasteiger partial charge < -0.3 is 16.6 Å². The average molecular weight is 154 g/mol. The Labute approximate surface area is 66.4 Å². The second-order valence-electron chi connectivity index (χ2n) is 3.21. The predicted octanol–water partition coefficient (Wildman–Crippen LogP) is 0.782. The van der Waals surface area contributed by atoms with E-state index in [9.17, 15) is 5.11 Å². The SMILES string of the molecule is CC1=CC(O)=C(C)CC1(N)N. The van der Waals surface area contributed by atoms with Crippen LogP contribution in [0.1, 0.15) is 20.3 Å². The van der Waals surface area contributed by atoms with E-state index in [0.717, 1.165) is 11.1 Å². The lowest BCUT2D eigenvalue weighted by Crippen LogP contribution is -2.51. The van der Waals surface area contributed by atoms with Crippen LogP contribution in [-0.2, 0) is 0 Å². The largest absolute Gasteiger partial charge is 0.508 e. The van der Waals surface area contributed by atoms with Crippen molar-refractivity contribution in [1.82, 2.24) is 0 Å². The molecule has 1 aliphatic carbocycles. The highest BCUT2D eigenvalue weighted by Crippen LogP contribution is 2.25. The Balaban J connectivity index is 3.01. The molecule has 0 aromatic rings. The molecule has 0 amide bonds. The molecule has 0 spiro atoms. The molecule has 0 heterocycles. The second kappa shape index (κ2) is 2.36. The second-order valence-corrected chi connectivity index (χ2v) is 3.21. The van der Waals surface area contributed by atoms with Crippen molar-refractivity contribution in [3.63, 3.8) is 0 Å². The third-order valence-corrected chi connectivity index (χ3v) is 2.08. The molecule has 3 heteroatoms. The van der Waals surface area contributed by atoms with Crippen LogP contribution in [0.15, 0.2) is 23.0 Å². The van der Waals surface area contributed by atoms with E-state index in [1.165, 1.54) is 0 Å². The summed E-state index contributed by atoms with van der Waals surface area (Å²) in [5, 5.41) is 9.27. The van der Waals surface area contributed by atoms with Crippen molar-refractivity contribution in [2.45, 2.75) is 25.9 Å². The maximum Gasteiger partial charge on any atom is 0.114 e. The summed E-state index contributed by atoms with van der Waals surface area (Å²) in [4.78, 5) is 0. The van der Waals surface area contributed by atoms with Gasteiger partial charge in [0.2, 0.25) is 0 Å². The van der Waals surface area contributed by atoms with Gasteiger partial charge in [0, 0.05) is 6.42 Å². The van der Waals surface area contributed by atoms with Crippen molar-refractivity contribution in [3.8, 4) is 0 Å². The highest BCUT2D eigenvalue weighted by Gasteiger charge is 2.26. The van der Waals surface area contributed by atoms with E-state index in [-0.39, 0.29) is 0 Å². The molecule has 0 aromatic carbocycles. The summed E-state index contributed by atoms with van der Waals surface area (Å²) < 4.78 is 0. The fourth-order valence-electron chi connectivity index (χ4n) is 1.13. The lowest BCUT2D eigenvalue weighted by atomic mass is 9.89. The fraction of sp³-hybridized carbons (Fsp3) is 0.500. The van der Waals surface area contributed by atoms with Crippen LogP contribution < -0.4 is 11.5 Å². The van der Waals surface area contributed by atoms with Gasteiger partial charge >= 0.3 is 0 Å². The maximum absolute atomic E-state index is 9.27. The molecule has 11 heavy (non-hydrogen) atoms. The normalized spacial score (nSPS) is 23.5. The summed E-state index contributed by atoms with van der Waals surface area (Å²) in [6, 6.07) is 0. The highest BCUT2D eigenvalue weighted by molar-refractivity contribution is 5.34. The van der Waals surface area contributed by atoms with E-state index in [4.69, 9.17) is 11.5 Å². The van der Waals surface area contributed by atoms with Gasteiger partial charge in [-0.1, -0.05) is 0 Å². The molecule has 0 bridgehead atoms. The fourth-order valence-corrected chi connectivity index (χ4v) is 1.13. The molecule has 5 N–H and O–H groups in total. The number of nitrogens with two attached hydrogens (primary N) is 2. The van der Waals surface area contributed by atoms with Crippen molar-refractivity contribution in [2.75, 3.05) is 0 Å². The Morgan fingerprint density at radius 2 is 2.00 bits per heavy atom. The molecule has 0 saturated heterocycles. The van der Waals surface area contributed by atoms with Gasteiger partial charge in [-0.2, -0.15) is 0 Å². The van der Waals surface area contributed by atoms with Crippen LogP contribution in [0.4, 0.5) is 0 Å². The van der Waals surface area contributed by atoms with Gasteiger partial charge in [0.25, 0.3) is 0 Å². The first-order chi connectivity index (χ1) is 4.93. The Hall–Kier alpha value is -0.800. The van der Waals surface area contributed by atoms with E-state index in [1.54, 1.807) is 6.08 Å². The first kappa shape index (κ1) is 8.30. The molecule has 0 saturated carbocycles. The first-order valence-electron chi connectivity index (χ1n) is 3.59. The van der Waals surface area contributed by atoms with Crippen LogP contribution in [0.2, 0.25) is 0 Å². The van der Waals surface area contributed by atoms with E-state index in [2.05, 4.69) is 0 Å². The molecular weight excluding hydrogens is 140 g/mol. The van der Waals surface area contributed by atoms with Crippen molar-refractivity contribution in [1.29, 1.82) is 0 Å². The van der Waals surface area contributed by atoms with E-state index in [1.807, 2.05) is 13.8 Å². The van der Waals surface area contributed by atoms with Crippen LogP contribution >= 0.6 is 0 Å². The molecule has 1 rings (SSSR count). The number of hydrogen-bond acceptors (Lipinski definition) is 3. The van der Waals surface area contributed by atoms with Crippen molar-refractivity contribution in [3.05, 3.63) is 23.0 Å². The Bertz CT molecular complexity index is 238. The summed E-state index contributed by atoms with van der Waals surface area (Å²) in [5.41, 5.74) is 12.4. The quantitative estimate of drug-likeness (QED) is 0.451. The number of allylic oxidation sites excluding steroid dienone is 1. The van der Waals surface area contributed by atoms with Gasteiger partial charge in [0.15, 0.2) is 0 Å². The van der Waals surface area contributed by atoms with E-state index >= 15 is 0 Å². The molecule has 0 atom stereocenters. The molecule has 0 radical (unpaired) electrons. The van der Waals surface area contributed by atoms with Gasteiger partial charge in [-0.25, -0.2) is 0 Å². The zero-order valence-corrected chi connectivity index (χ0v) is 6.89. The third-order valence-electron chi connectivity index (χ3n) is 2.08. The zero-order valence-electron chi connectivity index (χ0n) is 6.89. The van der Waals surface area contributed by atoms with Crippen LogP contribution in [-0.4, -0.2) is 10.8 Å². The number of rotatable bonds is 0. The number of aliphatic hydroxyl groups excluding tert-OH is 1. The summed E-state index contributed by atoms with van der Waals surface area (Å²) in [5.74, 6) is 0.300. The van der Waals surface area contributed by atoms with Crippen molar-refractivity contribution in [2.24, 2.45) is 11.5 Å². The highest BCUT2D eigenvalue weighted by atomic mass is 16.3. The summed E-state index contributed by atoms with van der Waals surface area (Å²) in [6.45, 7) is 3.65. The molecule has 3 nitrogen and oxygen atoms in total. The van der Waals surface area contributed by atoms with Gasteiger partial charge in [0.1, 0.15) is 5.76 Å². The molecule has 0 unspecified atom stereocenters. The summed E-state index contributed by atoms with van der Waals surface area (Å²) in [7, 11) is 0. The molecule has 62 valence electrons. The first-order valence-corrected chi connectivity index (χ1v) is 3.59. The standard InChI is InChI=1S/C8H14N2O/c1-5-4-8(9,10)6(2)3-7(5)11/h3,11H,4,9-10H2,1-2H3. The lowest BCUT2D eigenvalue weighted by Gasteiger charge is -2.29. The Morgan fingerprint density at radius 1 is 1.45 bits per heavy atom. The third kappa shape index (κ3) is 1.44. The van der Waals surface area contributed by atoms with Crippen molar-refractivity contribution >= 4 is 0 Å². The van der Waals surface area contributed by atoms with Gasteiger partial charge in [-0.15, -0.1) is 0 Å². The van der Waals surface area contributed by atoms with Crippen LogP contribution in [0.3, 0.4) is 0 Å². The zero-order chi connectivity index (χ0) is 8.65. The Morgan fingerprint density at radius 3 is 2.45 bits per heavy atom. The molecule has 1 aliphatic rings. The molecule has 0 aromatic heterocycles. The molecular formula is C8H14N2O. The molecule has 0 aliphatic heterocycles. The average Bonchev–Trinajstić information content (AvgIpc) is 1.83. The van der Waals surface area contributed by atoms with E-state index < -0.39 is 5.66 Å². The van der Waals surface area contributed by atoms with Crippen LogP contribution in [0.25, 0.3) is 0 Å². The smallest absolute Gasteiger partial charge is 0.114 e.